The molecule has 10 nitrogen and oxygen atoms in total. The molecule has 78 heavy (non-hydrogen) atoms. The van der Waals surface area contributed by atoms with Crippen LogP contribution >= 0.6 is 63.9 Å². The molecule has 15 heteroatoms. The zero-order valence-corrected chi connectivity index (χ0v) is 48.1. The van der Waals surface area contributed by atoms with Gasteiger partial charge in [-0.1, -0.05) is 259 Å². The lowest BCUT2D eigenvalue weighted by atomic mass is 9.85. The average Bonchev–Trinajstić information content (AvgIpc) is 3.48. The first-order chi connectivity index (χ1) is 37.0. The minimum absolute atomic E-state index is 0. The monoisotopic (exact) mass is 1190 g/mol. The summed E-state index contributed by atoms with van der Waals surface area (Å²) in [4.78, 5) is 37.4. The van der Waals surface area contributed by atoms with Crippen molar-refractivity contribution in [1.29, 1.82) is 5.41 Å². The molecule has 410 valence electrons. The van der Waals surface area contributed by atoms with E-state index in [4.69, 9.17) is 49.9 Å². The number of hydrogen-bond donors (Lipinski definition) is 4. The second-order valence-electron chi connectivity index (χ2n) is 15.8. The van der Waals surface area contributed by atoms with E-state index in [1.807, 2.05) is 194 Å². The van der Waals surface area contributed by atoms with Crippen molar-refractivity contribution in [3.63, 3.8) is 0 Å². The summed E-state index contributed by atoms with van der Waals surface area (Å²) in [6.07, 6.45) is 0. The van der Waals surface area contributed by atoms with Gasteiger partial charge in [0, 0.05) is 17.0 Å². The third-order valence-corrected chi connectivity index (χ3v) is 11.6. The summed E-state index contributed by atoms with van der Waals surface area (Å²) in [5.41, 5.74) is 20.4. The summed E-state index contributed by atoms with van der Waals surface area (Å²) >= 11 is 13.2. The molecule has 0 saturated carbocycles. The molecule has 0 aliphatic carbocycles. The molecule has 1 unspecified atom stereocenters. The highest BCUT2D eigenvalue weighted by molar-refractivity contribution is 9.09. The molecule has 0 fully saturated rings. The first kappa shape index (κ1) is 69.1. The van der Waals surface area contributed by atoms with Gasteiger partial charge >= 0.3 is 17.9 Å². The van der Waals surface area contributed by atoms with Gasteiger partial charge in [-0.05, 0) is 47.2 Å². The van der Waals surface area contributed by atoms with Crippen molar-refractivity contribution in [3.8, 4) is 0 Å². The molecule has 8 rings (SSSR count). The van der Waals surface area contributed by atoms with Crippen LogP contribution in [0.4, 0.5) is 0 Å². The number of carboxylic acid groups (broad SMARTS) is 1. The Bertz CT molecular complexity index is 2690. The number of carboxylic acids is 1. The SMILES string of the molecule is BrC(c1ccccc1)c1ccccc1.CCOC(=O)CN.CCOC(=O)CN=C(c1ccccc1)c1ccccc1.Cl.Cl.ClCCl.N=C(c1ccccc1)c1ccccc1.NC(C(=O)O)C(c1ccccc1)c1ccccc1. The van der Waals surface area contributed by atoms with E-state index in [2.05, 4.69) is 74.2 Å². The zero-order chi connectivity index (χ0) is 55.2. The van der Waals surface area contributed by atoms with Crippen LogP contribution in [0, 0.1) is 5.41 Å². The molecule has 6 N–H and O–H groups in total. The third kappa shape index (κ3) is 26.4. The third-order valence-electron chi connectivity index (χ3n) is 10.5. The quantitative estimate of drug-likeness (QED) is 0.0445. The first-order valence-corrected chi connectivity index (χ1v) is 26.3. The molecule has 0 saturated heterocycles. The first-order valence-electron chi connectivity index (χ1n) is 24.3. The van der Waals surface area contributed by atoms with Crippen LogP contribution in [0.25, 0.3) is 0 Å². The molecule has 0 bridgehead atoms. The van der Waals surface area contributed by atoms with Crippen LogP contribution in [-0.4, -0.2) is 72.1 Å². The average molecular weight is 1200 g/mol. The number of rotatable bonds is 15. The van der Waals surface area contributed by atoms with Crippen molar-refractivity contribution in [2.75, 3.05) is 31.6 Å². The van der Waals surface area contributed by atoms with E-state index in [9.17, 15) is 14.4 Å². The van der Waals surface area contributed by atoms with Gasteiger partial charge in [0.1, 0.15) is 12.6 Å². The Balaban J connectivity index is 0.000000491. The Morgan fingerprint density at radius 2 is 0.782 bits per heavy atom. The highest BCUT2D eigenvalue weighted by atomic mass is 79.9. The predicted molar refractivity (Wildman–Crippen MR) is 330 cm³/mol. The number of alkyl halides is 3. The molecule has 1 atom stereocenters. The van der Waals surface area contributed by atoms with Gasteiger partial charge in [0.2, 0.25) is 0 Å². The number of aliphatic carboxylic acids is 1. The lowest BCUT2D eigenvalue weighted by molar-refractivity contribution is -0.142. The number of carbonyl (C=O) groups is 3. The number of aliphatic imine (C=N–C) groups is 1. The number of ether oxygens (including phenoxy) is 2. The Morgan fingerprint density at radius 1 is 0.513 bits per heavy atom. The molecule has 0 spiro atoms. The largest absolute Gasteiger partial charge is 0.480 e. The normalized spacial score (nSPS) is 9.96. The van der Waals surface area contributed by atoms with Crippen molar-refractivity contribution in [2.24, 2.45) is 16.5 Å². The van der Waals surface area contributed by atoms with E-state index in [1.54, 1.807) is 13.8 Å². The maximum atomic E-state index is 11.5. The number of carbonyl (C=O) groups excluding carboxylic acids is 2. The fourth-order valence-corrected chi connectivity index (χ4v) is 7.61. The van der Waals surface area contributed by atoms with Gasteiger partial charge in [0.25, 0.3) is 0 Å². The number of hydrogen-bond acceptors (Lipinski definition) is 9. The Labute approximate surface area is 490 Å². The standard InChI is InChI=1S/C17H17NO2.C15H15NO2.C13H11Br.C13H11N.C4H9NO2.CH2Cl2.2ClH/c1-2-20-16(19)13-18-17(14-9-5-3-6-10-14)15-11-7-4-8-12-15;16-14(15(17)18)13(11-7-3-1-4-8-11)12-9-5-2-6-10-12;2*14-13(11-7-3-1-4-8-11)12-9-5-2-6-10-12;1-2-7-4(6)3-5;2-1-3;;/h3-12H,2,13H2,1H3;1-10,13-14H,16H2,(H,17,18);1-10,13H;1-10,14H;2-3,5H2,1H3;1H2;2*1H. The highest BCUT2D eigenvalue weighted by Crippen LogP contribution is 2.30. The van der Waals surface area contributed by atoms with Crippen LogP contribution in [0.1, 0.15) is 69.1 Å². The van der Waals surface area contributed by atoms with Crippen molar-refractivity contribution < 1.29 is 29.0 Å². The highest BCUT2D eigenvalue weighted by Gasteiger charge is 2.27. The Hall–Kier alpha value is -6.93. The van der Waals surface area contributed by atoms with Crippen LogP contribution in [0.2, 0.25) is 0 Å². The van der Waals surface area contributed by atoms with Gasteiger partial charge in [-0.15, -0.1) is 48.0 Å². The van der Waals surface area contributed by atoms with Gasteiger partial charge in [0.05, 0.1) is 41.3 Å². The fourth-order valence-electron chi connectivity index (χ4n) is 6.99. The van der Waals surface area contributed by atoms with Crippen molar-refractivity contribution in [3.05, 3.63) is 287 Å². The summed E-state index contributed by atoms with van der Waals surface area (Å²) in [6.45, 7) is 4.33. The number of nitrogens with zero attached hydrogens (tertiary/aromatic N) is 1. The smallest absolute Gasteiger partial charge is 0.327 e. The van der Waals surface area contributed by atoms with Crippen LogP contribution in [0.5, 0.6) is 0 Å². The summed E-state index contributed by atoms with van der Waals surface area (Å²) in [5.74, 6) is -1.98. The molecular formula is C63H67BrCl4N4O6. The van der Waals surface area contributed by atoms with Crippen molar-refractivity contribution in [1.82, 2.24) is 0 Å². The number of halogens is 5. The minimum atomic E-state index is -0.993. The molecule has 8 aromatic rings. The maximum absolute atomic E-state index is 11.5. The molecule has 0 aromatic heterocycles. The lowest BCUT2D eigenvalue weighted by Gasteiger charge is -2.21. The molecule has 0 heterocycles. The molecule has 0 radical (unpaired) electrons. The summed E-state index contributed by atoms with van der Waals surface area (Å²) < 4.78 is 9.35. The van der Waals surface area contributed by atoms with Crippen LogP contribution in [0.15, 0.2) is 248 Å². The van der Waals surface area contributed by atoms with E-state index in [0.717, 1.165) is 39.1 Å². The predicted octanol–water partition coefficient (Wildman–Crippen LogP) is 14.4. The zero-order valence-electron chi connectivity index (χ0n) is 43.4. The summed E-state index contributed by atoms with van der Waals surface area (Å²) in [7, 11) is 0. The van der Waals surface area contributed by atoms with E-state index < -0.39 is 12.0 Å². The lowest BCUT2D eigenvalue weighted by Crippen LogP contribution is -2.37. The van der Waals surface area contributed by atoms with Gasteiger partial charge in [-0.25, -0.2) is 0 Å². The Kier molecular flexibility index (Phi) is 37.3. The van der Waals surface area contributed by atoms with Gasteiger partial charge in [-0.3, -0.25) is 24.8 Å². The second-order valence-corrected chi connectivity index (χ2v) is 17.5. The van der Waals surface area contributed by atoms with E-state index in [1.165, 1.54) is 11.1 Å². The van der Waals surface area contributed by atoms with E-state index >= 15 is 0 Å². The van der Waals surface area contributed by atoms with Gasteiger partial charge in [-0.2, -0.15) is 0 Å². The molecule has 0 aliphatic heterocycles. The number of esters is 2. The molecular weight excluding hydrogens is 1130 g/mol. The van der Waals surface area contributed by atoms with E-state index in [0.29, 0.717) is 23.8 Å². The van der Waals surface area contributed by atoms with Gasteiger partial charge < -0.3 is 26.0 Å². The molecule has 0 amide bonds. The minimum Gasteiger partial charge on any atom is -0.480 e. The van der Waals surface area contributed by atoms with Crippen LogP contribution in [0.3, 0.4) is 0 Å². The number of nitrogens with one attached hydrogen (secondary N) is 1. The number of benzene rings is 8. The Morgan fingerprint density at radius 3 is 1.05 bits per heavy atom. The summed E-state index contributed by atoms with van der Waals surface area (Å²) in [5, 5.41) is 17.3. The summed E-state index contributed by atoms with van der Waals surface area (Å²) in [6, 6.07) is 78.1. The van der Waals surface area contributed by atoms with E-state index in [-0.39, 0.29) is 61.1 Å². The topological polar surface area (TPSA) is 178 Å². The number of nitrogens with two attached hydrogens (primary N) is 2. The van der Waals surface area contributed by atoms with Gasteiger partial charge in [0.15, 0.2) is 0 Å². The second kappa shape index (κ2) is 42.1. The van der Waals surface area contributed by atoms with Crippen molar-refractivity contribution >= 4 is 93.3 Å². The fraction of sp³-hybridized carbons (Fsp3) is 0.159. The molecule has 8 aromatic carbocycles. The maximum Gasteiger partial charge on any atom is 0.327 e. The van der Waals surface area contributed by atoms with Crippen LogP contribution < -0.4 is 11.5 Å². The molecule has 0 aliphatic rings. The van der Waals surface area contributed by atoms with Crippen LogP contribution in [-0.2, 0) is 23.9 Å². The van der Waals surface area contributed by atoms with Crippen molar-refractivity contribution in [2.45, 2.75) is 30.6 Å².